The van der Waals surface area contributed by atoms with Gasteiger partial charge < -0.3 is 10.1 Å². The average molecular weight is 389 g/mol. The summed E-state index contributed by atoms with van der Waals surface area (Å²) in [6, 6.07) is 8.93. The molecule has 138 valence electrons. The van der Waals surface area contributed by atoms with E-state index in [1.54, 1.807) is 0 Å². The first-order valence-corrected chi connectivity index (χ1v) is 8.10. The molecule has 2 aromatic carbocycles. The molecule has 1 aliphatic heterocycles. The fourth-order valence-electron chi connectivity index (χ4n) is 2.17. The van der Waals surface area contributed by atoms with E-state index in [2.05, 4.69) is 15.0 Å². The molecular weight excluding hydrogens is 377 g/mol. The third-order valence-electron chi connectivity index (χ3n) is 3.27. The number of alkyl halides is 3. The molecule has 0 atom stereocenters. The number of hydrogen-bond donors (Lipinski definition) is 1. The van der Waals surface area contributed by atoms with Gasteiger partial charge in [0.2, 0.25) is 0 Å². The van der Waals surface area contributed by atoms with Crippen LogP contribution in [-0.4, -0.2) is 22.5 Å². The summed E-state index contributed by atoms with van der Waals surface area (Å²) in [4.78, 5) is 4.25. The van der Waals surface area contributed by atoms with Crippen molar-refractivity contribution in [2.45, 2.75) is 12.9 Å². The SMILES string of the molecule is Fc1ccc(CN2CN=C(Nc3ccc(OC(F)(F)F)cc3)S2)cc1F. The summed E-state index contributed by atoms with van der Waals surface area (Å²) in [6.45, 7) is 0.691. The second kappa shape index (κ2) is 7.50. The van der Waals surface area contributed by atoms with Gasteiger partial charge in [0.15, 0.2) is 16.8 Å². The number of benzene rings is 2. The summed E-state index contributed by atoms with van der Waals surface area (Å²) in [5.41, 5.74) is 1.14. The largest absolute Gasteiger partial charge is 0.573 e. The molecule has 2 aromatic rings. The molecule has 0 amide bonds. The van der Waals surface area contributed by atoms with E-state index in [1.165, 1.54) is 42.3 Å². The Morgan fingerprint density at radius 1 is 1.08 bits per heavy atom. The maximum Gasteiger partial charge on any atom is 0.573 e. The first-order valence-electron chi connectivity index (χ1n) is 7.33. The summed E-state index contributed by atoms with van der Waals surface area (Å²) >= 11 is 1.27. The molecule has 0 saturated heterocycles. The lowest BCUT2D eigenvalue weighted by Crippen LogP contribution is -2.17. The topological polar surface area (TPSA) is 36.9 Å². The molecule has 1 heterocycles. The lowest BCUT2D eigenvalue weighted by molar-refractivity contribution is -0.274. The van der Waals surface area contributed by atoms with Gasteiger partial charge in [-0.25, -0.2) is 18.1 Å². The molecule has 3 rings (SSSR count). The molecule has 0 aliphatic carbocycles. The van der Waals surface area contributed by atoms with Gasteiger partial charge in [-0.1, -0.05) is 6.07 Å². The number of rotatable bonds is 4. The molecule has 0 aromatic heterocycles. The first-order chi connectivity index (χ1) is 12.3. The van der Waals surface area contributed by atoms with Crippen molar-refractivity contribution in [3.05, 3.63) is 59.7 Å². The van der Waals surface area contributed by atoms with Crippen molar-refractivity contribution in [2.75, 3.05) is 12.0 Å². The minimum absolute atomic E-state index is 0.316. The maximum atomic E-state index is 13.2. The van der Waals surface area contributed by atoms with Crippen molar-refractivity contribution >= 4 is 22.8 Å². The Morgan fingerprint density at radius 2 is 1.81 bits per heavy atom. The highest BCUT2D eigenvalue weighted by Gasteiger charge is 2.31. The number of nitrogens with one attached hydrogen (secondary N) is 1. The van der Waals surface area contributed by atoms with Gasteiger partial charge >= 0.3 is 6.36 Å². The second-order valence-corrected chi connectivity index (χ2v) is 6.37. The van der Waals surface area contributed by atoms with Crippen LogP contribution in [0.2, 0.25) is 0 Å². The van der Waals surface area contributed by atoms with Gasteiger partial charge in [0.25, 0.3) is 0 Å². The number of ether oxygens (including phenoxy) is 1. The summed E-state index contributed by atoms with van der Waals surface area (Å²) in [5, 5.41) is 3.51. The fraction of sp³-hybridized carbons (Fsp3) is 0.188. The minimum Gasteiger partial charge on any atom is -0.406 e. The Balaban J connectivity index is 1.53. The Bertz CT molecular complexity index is 811. The predicted molar refractivity (Wildman–Crippen MR) is 88.5 cm³/mol. The van der Waals surface area contributed by atoms with Crippen LogP contribution in [0.5, 0.6) is 5.75 Å². The van der Waals surface area contributed by atoms with Gasteiger partial charge in [-0.2, -0.15) is 0 Å². The van der Waals surface area contributed by atoms with Gasteiger partial charge in [0, 0.05) is 12.2 Å². The fourth-order valence-corrected chi connectivity index (χ4v) is 3.03. The van der Waals surface area contributed by atoms with Crippen LogP contribution in [0.1, 0.15) is 5.56 Å². The molecular formula is C16H12F5N3OS. The highest BCUT2D eigenvalue weighted by molar-refractivity contribution is 8.12. The number of anilines is 1. The summed E-state index contributed by atoms with van der Waals surface area (Å²) in [7, 11) is 0. The minimum atomic E-state index is -4.74. The first kappa shape index (κ1) is 18.5. The Kier molecular flexibility index (Phi) is 5.33. The zero-order chi connectivity index (χ0) is 18.7. The van der Waals surface area contributed by atoms with Crippen molar-refractivity contribution in [2.24, 2.45) is 4.99 Å². The molecule has 0 unspecified atom stereocenters. The Hall–Kier alpha value is -2.33. The van der Waals surface area contributed by atoms with E-state index in [-0.39, 0.29) is 5.75 Å². The second-order valence-electron chi connectivity index (χ2n) is 5.28. The third kappa shape index (κ3) is 5.09. The van der Waals surface area contributed by atoms with E-state index in [9.17, 15) is 22.0 Å². The molecule has 0 spiro atoms. The quantitative estimate of drug-likeness (QED) is 0.605. The highest BCUT2D eigenvalue weighted by Crippen LogP contribution is 2.27. The van der Waals surface area contributed by atoms with Gasteiger partial charge in [-0.15, -0.1) is 13.2 Å². The van der Waals surface area contributed by atoms with Crippen LogP contribution in [-0.2, 0) is 6.54 Å². The van der Waals surface area contributed by atoms with Gasteiger partial charge in [-0.05, 0) is 53.9 Å². The molecule has 10 heteroatoms. The molecule has 26 heavy (non-hydrogen) atoms. The van der Waals surface area contributed by atoms with Crippen LogP contribution in [0.15, 0.2) is 47.5 Å². The molecule has 4 nitrogen and oxygen atoms in total. The van der Waals surface area contributed by atoms with Crippen LogP contribution in [0, 0.1) is 11.6 Å². The molecule has 1 N–H and O–H groups in total. The highest BCUT2D eigenvalue weighted by atomic mass is 32.2. The lowest BCUT2D eigenvalue weighted by atomic mass is 10.2. The normalized spacial score (nSPS) is 15.0. The van der Waals surface area contributed by atoms with Crippen molar-refractivity contribution < 1.29 is 26.7 Å². The monoisotopic (exact) mass is 389 g/mol. The number of hydrogen-bond acceptors (Lipinski definition) is 5. The van der Waals surface area contributed by atoms with E-state index in [0.29, 0.717) is 29.6 Å². The lowest BCUT2D eigenvalue weighted by Gasteiger charge is -2.13. The van der Waals surface area contributed by atoms with Crippen LogP contribution < -0.4 is 10.1 Å². The van der Waals surface area contributed by atoms with Crippen molar-refractivity contribution in [1.82, 2.24) is 4.31 Å². The van der Waals surface area contributed by atoms with E-state index >= 15 is 0 Å². The van der Waals surface area contributed by atoms with E-state index < -0.39 is 18.0 Å². The number of aliphatic imine (C=N–C) groups is 1. The van der Waals surface area contributed by atoms with Crippen molar-refractivity contribution in [1.29, 1.82) is 0 Å². The average Bonchev–Trinajstić information content (AvgIpc) is 2.98. The maximum absolute atomic E-state index is 13.2. The van der Waals surface area contributed by atoms with Crippen molar-refractivity contribution in [3.8, 4) is 5.75 Å². The summed E-state index contributed by atoms with van der Waals surface area (Å²) in [6.07, 6.45) is -4.74. The third-order valence-corrected chi connectivity index (χ3v) is 4.18. The van der Waals surface area contributed by atoms with Crippen LogP contribution in [0.25, 0.3) is 0 Å². The Labute approximate surface area is 149 Å². The van der Waals surface area contributed by atoms with Crippen LogP contribution in [0.4, 0.5) is 27.6 Å². The smallest absolute Gasteiger partial charge is 0.406 e. The van der Waals surface area contributed by atoms with Gasteiger partial charge in [0.1, 0.15) is 12.4 Å². The van der Waals surface area contributed by atoms with Gasteiger partial charge in [0.05, 0.1) is 0 Å². The van der Waals surface area contributed by atoms with Gasteiger partial charge in [-0.3, -0.25) is 0 Å². The van der Waals surface area contributed by atoms with Crippen LogP contribution >= 0.6 is 11.9 Å². The number of halogens is 5. The molecule has 1 aliphatic rings. The molecule has 0 bridgehead atoms. The zero-order valence-corrected chi connectivity index (χ0v) is 13.9. The molecule has 0 radical (unpaired) electrons. The Morgan fingerprint density at radius 3 is 2.46 bits per heavy atom. The molecule has 0 fully saturated rings. The predicted octanol–water partition coefficient (Wildman–Crippen LogP) is 4.75. The van der Waals surface area contributed by atoms with E-state index in [1.807, 2.05) is 4.31 Å². The van der Waals surface area contributed by atoms with E-state index in [0.717, 1.165) is 12.1 Å². The van der Waals surface area contributed by atoms with Crippen molar-refractivity contribution in [3.63, 3.8) is 0 Å². The van der Waals surface area contributed by atoms with E-state index in [4.69, 9.17) is 0 Å². The summed E-state index contributed by atoms with van der Waals surface area (Å²) < 4.78 is 68.2. The number of nitrogens with zero attached hydrogens (tertiary/aromatic N) is 2. The van der Waals surface area contributed by atoms with Crippen LogP contribution in [0.3, 0.4) is 0 Å². The summed E-state index contributed by atoms with van der Waals surface area (Å²) in [5.74, 6) is -2.13. The number of amidine groups is 1. The molecule has 0 saturated carbocycles. The standard InChI is InChI=1S/C16H12F5N3OS/c17-13-6-1-10(7-14(13)18)8-24-9-22-15(26-24)23-11-2-4-12(5-3-11)25-16(19,20)21/h1-7H,8-9H2,(H,22,23). The zero-order valence-electron chi connectivity index (χ0n) is 13.1.